The molecule has 1 saturated heterocycles. The maximum absolute atomic E-state index is 14.5. The summed E-state index contributed by atoms with van der Waals surface area (Å²) in [6.45, 7) is 1.88. The summed E-state index contributed by atoms with van der Waals surface area (Å²) < 4.78 is 56.6. The molecule has 0 saturated carbocycles. The van der Waals surface area contributed by atoms with E-state index in [-0.39, 0.29) is 28.9 Å². The lowest BCUT2D eigenvalue weighted by Gasteiger charge is -2.24. The number of hydrogen-bond acceptors (Lipinski definition) is 6. The number of benzene rings is 2. The third kappa shape index (κ3) is 3.99. The Balaban J connectivity index is 1.29. The zero-order valence-corrected chi connectivity index (χ0v) is 16.5. The Kier molecular flexibility index (Phi) is 4.98. The molecule has 8 nitrogen and oxygen atoms in total. The van der Waals surface area contributed by atoms with Gasteiger partial charge in [-0.25, -0.2) is 9.07 Å². The molecule has 0 unspecified atom stereocenters. The lowest BCUT2D eigenvalue weighted by Crippen LogP contribution is -2.33. The smallest absolute Gasteiger partial charge is 0.395 e. The van der Waals surface area contributed by atoms with Gasteiger partial charge in [0, 0.05) is 25.4 Å². The molecular formula is C21H17F3N4O4. The van der Waals surface area contributed by atoms with Crippen molar-refractivity contribution in [3.05, 3.63) is 65.7 Å². The van der Waals surface area contributed by atoms with Gasteiger partial charge in [0.1, 0.15) is 5.82 Å². The fourth-order valence-electron chi connectivity index (χ4n) is 3.47. The molecule has 2 aromatic carbocycles. The molecule has 1 aromatic heterocycles. The van der Waals surface area contributed by atoms with Crippen molar-refractivity contribution >= 4 is 11.6 Å². The van der Waals surface area contributed by atoms with Gasteiger partial charge < -0.3 is 24.8 Å². The molecule has 2 aliphatic rings. The highest BCUT2D eigenvalue weighted by atomic mass is 19.3. The predicted molar refractivity (Wildman–Crippen MR) is 106 cm³/mol. The van der Waals surface area contributed by atoms with Gasteiger partial charge in [-0.05, 0) is 29.8 Å². The van der Waals surface area contributed by atoms with E-state index in [1.165, 1.54) is 47.4 Å². The van der Waals surface area contributed by atoms with E-state index in [1.807, 2.05) is 0 Å². The summed E-state index contributed by atoms with van der Waals surface area (Å²) in [5.41, 5.74) is 1.21. The first kappa shape index (κ1) is 20.3. The van der Waals surface area contributed by atoms with E-state index >= 15 is 0 Å². The quantitative estimate of drug-likeness (QED) is 0.640. The van der Waals surface area contributed by atoms with Crippen molar-refractivity contribution in [1.29, 1.82) is 0 Å². The number of amides is 1. The first-order valence-corrected chi connectivity index (χ1v) is 9.76. The van der Waals surface area contributed by atoms with Gasteiger partial charge in [0.2, 0.25) is 0 Å². The van der Waals surface area contributed by atoms with Gasteiger partial charge in [-0.2, -0.15) is 5.10 Å². The second-order valence-corrected chi connectivity index (χ2v) is 7.23. The molecule has 2 aliphatic heterocycles. The standard InChI is InChI=1S/C21H17F3N4O4/c22-15-7-12(19-10-25-5-6-30-19)1-3-16(15)27-20(29)13-9-26-28(11-13)14-2-4-17-18(8-14)32-21(23,24)31-17/h1-4,7-9,11,19,25H,5-6,10H2,(H,27,29)/t19-/m1/s1. The Morgan fingerprint density at radius 1 is 1.19 bits per heavy atom. The van der Waals surface area contributed by atoms with Gasteiger partial charge >= 0.3 is 6.29 Å². The van der Waals surface area contributed by atoms with Gasteiger partial charge in [0.05, 0.1) is 35.8 Å². The number of carbonyl (C=O) groups is 1. The highest BCUT2D eigenvalue weighted by Gasteiger charge is 2.43. The summed E-state index contributed by atoms with van der Waals surface area (Å²) in [5.74, 6) is -1.41. The molecule has 0 spiro atoms. The highest BCUT2D eigenvalue weighted by Crippen LogP contribution is 2.41. The largest absolute Gasteiger partial charge is 0.586 e. The van der Waals surface area contributed by atoms with Crippen LogP contribution in [-0.2, 0) is 4.74 Å². The fourth-order valence-corrected chi connectivity index (χ4v) is 3.47. The SMILES string of the molecule is O=C(Nc1ccc([C@H]2CNCCO2)cc1F)c1cnn(-c2ccc3c(c2)OC(F)(F)O3)c1. The first-order valence-electron chi connectivity index (χ1n) is 9.76. The Morgan fingerprint density at radius 3 is 2.81 bits per heavy atom. The van der Waals surface area contributed by atoms with Crippen LogP contribution >= 0.6 is 0 Å². The normalized spacial score (nSPS) is 19.0. The van der Waals surface area contributed by atoms with E-state index in [0.29, 0.717) is 24.4 Å². The van der Waals surface area contributed by atoms with Crippen LogP contribution in [0.3, 0.4) is 0 Å². The van der Waals surface area contributed by atoms with E-state index in [2.05, 4.69) is 25.2 Å². The van der Waals surface area contributed by atoms with Crippen LogP contribution in [0.15, 0.2) is 48.8 Å². The minimum Gasteiger partial charge on any atom is -0.395 e. The molecule has 3 aromatic rings. The lowest BCUT2D eigenvalue weighted by molar-refractivity contribution is -0.286. The van der Waals surface area contributed by atoms with Crippen LogP contribution in [0.2, 0.25) is 0 Å². The number of halogens is 3. The van der Waals surface area contributed by atoms with E-state index in [9.17, 15) is 18.0 Å². The Bertz CT molecular complexity index is 1180. The minimum absolute atomic E-state index is 0.0144. The van der Waals surface area contributed by atoms with Crippen LogP contribution in [0.1, 0.15) is 22.0 Å². The molecule has 0 aliphatic carbocycles. The average Bonchev–Trinajstić information content (AvgIpc) is 3.38. The van der Waals surface area contributed by atoms with E-state index in [1.54, 1.807) is 6.07 Å². The van der Waals surface area contributed by atoms with Crippen molar-refractivity contribution in [1.82, 2.24) is 15.1 Å². The molecule has 11 heteroatoms. The maximum Gasteiger partial charge on any atom is 0.586 e. The molecule has 2 N–H and O–H groups in total. The number of alkyl halides is 2. The molecule has 166 valence electrons. The van der Waals surface area contributed by atoms with Crippen molar-refractivity contribution in [2.45, 2.75) is 12.4 Å². The zero-order chi connectivity index (χ0) is 22.3. The number of nitrogens with one attached hydrogen (secondary N) is 2. The number of anilines is 1. The number of ether oxygens (including phenoxy) is 3. The molecule has 0 bridgehead atoms. The van der Waals surface area contributed by atoms with Gasteiger partial charge in [-0.3, -0.25) is 4.79 Å². The molecule has 0 radical (unpaired) electrons. The van der Waals surface area contributed by atoms with Gasteiger partial charge in [0.15, 0.2) is 11.5 Å². The van der Waals surface area contributed by atoms with Crippen LogP contribution in [0, 0.1) is 5.82 Å². The second-order valence-electron chi connectivity index (χ2n) is 7.23. The van der Waals surface area contributed by atoms with Crippen molar-refractivity contribution in [2.75, 3.05) is 25.0 Å². The van der Waals surface area contributed by atoms with Crippen molar-refractivity contribution in [2.24, 2.45) is 0 Å². The van der Waals surface area contributed by atoms with Crippen molar-refractivity contribution in [3.8, 4) is 17.2 Å². The number of morpholine rings is 1. The molecular weight excluding hydrogens is 429 g/mol. The number of rotatable bonds is 4. The average molecular weight is 446 g/mol. The molecule has 1 amide bonds. The first-order chi connectivity index (χ1) is 15.4. The molecule has 5 rings (SSSR count). The Morgan fingerprint density at radius 2 is 2.03 bits per heavy atom. The number of fused-ring (bicyclic) bond motifs is 1. The van der Waals surface area contributed by atoms with E-state index in [4.69, 9.17) is 4.74 Å². The molecule has 3 heterocycles. The number of nitrogens with zero attached hydrogens (tertiary/aromatic N) is 2. The van der Waals surface area contributed by atoms with Crippen LogP contribution in [-0.4, -0.2) is 41.7 Å². The van der Waals surface area contributed by atoms with E-state index in [0.717, 1.165) is 6.54 Å². The van der Waals surface area contributed by atoms with Crippen LogP contribution in [0.4, 0.5) is 18.9 Å². The van der Waals surface area contributed by atoms with Gasteiger partial charge in [-0.15, -0.1) is 8.78 Å². The number of carbonyl (C=O) groups excluding carboxylic acids is 1. The van der Waals surface area contributed by atoms with Crippen LogP contribution in [0.25, 0.3) is 5.69 Å². The maximum atomic E-state index is 14.5. The van der Waals surface area contributed by atoms with Crippen LogP contribution in [0.5, 0.6) is 11.5 Å². The van der Waals surface area contributed by atoms with E-state index < -0.39 is 18.0 Å². The van der Waals surface area contributed by atoms with Crippen LogP contribution < -0.4 is 20.1 Å². The van der Waals surface area contributed by atoms with Crippen molar-refractivity contribution in [3.63, 3.8) is 0 Å². The lowest BCUT2D eigenvalue weighted by atomic mass is 10.1. The number of aromatic nitrogens is 2. The highest BCUT2D eigenvalue weighted by molar-refractivity contribution is 6.04. The summed E-state index contributed by atoms with van der Waals surface area (Å²) in [7, 11) is 0. The van der Waals surface area contributed by atoms with Gasteiger partial charge in [0.25, 0.3) is 5.91 Å². The summed E-state index contributed by atoms with van der Waals surface area (Å²) in [5, 5.41) is 9.75. The minimum atomic E-state index is -3.73. The van der Waals surface area contributed by atoms with Gasteiger partial charge in [-0.1, -0.05) is 6.07 Å². The summed E-state index contributed by atoms with van der Waals surface area (Å²) in [6.07, 6.45) is -1.31. The number of hydrogen-bond donors (Lipinski definition) is 2. The third-order valence-electron chi connectivity index (χ3n) is 5.03. The zero-order valence-electron chi connectivity index (χ0n) is 16.5. The third-order valence-corrected chi connectivity index (χ3v) is 5.03. The molecule has 1 atom stereocenters. The molecule has 1 fully saturated rings. The summed E-state index contributed by atoms with van der Waals surface area (Å²) >= 11 is 0. The Hall–Kier alpha value is -3.57. The topological polar surface area (TPSA) is 86.6 Å². The fraction of sp³-hybridized carbons (Fsp3) is 0.238. The summed E-state index contributed by atoms with van der Waals surface area (Å²) in [4.78, 5) is 12.6. The Labute approximate surface area is 179 Å². The monoisotopic (exact) mass is 446 g/mol. The summed E-state index contributed by atoms with van der Waals surface area (Å²) in [6, 6.07) is 8.62. The predicted octanol–water partition coefficient (Wildman–Crippen LogP) is 3.25. The second kappa shape index (κ2) is 7.84. The molecule has 32 heavy (non-hydrogen) atoms. The van der Waals surface area contributed by atoms with Crippen molar-refractivity contribution < 1.29 is 32.2 Å².